The molecule has 0 aromatic rings. The monoisotopic (exact) mass is 403 g/mol. The highest BCUT2D eigenvalue weighted by Gasteiger charge is 2.23. The first-order chi connectivity index (χ1) is 12.3. The van der Waals surface area contributed by atoms with Crippen LogP contribution in [0.5, 0.6) is 0 Å². The molecule has 0 aromatic heterocycles. The molecule has 0 saturated carbocycles. The Morgan fingerprint density at radius 3 is 1.76 bits per heavy atom. The molecule has 0 amide bonds. The minimum atomic E-state index is 0. The third kappa shape index (κ3) is 16.4. The fourth-order valence-corrected chi connectivity index (χ4v) is 2.25. The largest absolute Gasteiger partial charge is 0.479 e. The smallest absolute Gasteiger partial charge is 0.180 e. The minimum absolute atomic E-state index is 0. The number of aliphatic imine (C=N–C) groups is 3. The molecule has 0 radical (unpaired) electrons. The van der Waals surface area contributed by atoms with Crippen molar-refractivity contribution in [2.24, 2.45) is 15.0 Å². The first-order valence-electron chi connectivity index (χ1n) is 9.16. The lowest BCUT2D eigenvalue weighted by Crippen LogP contribution is -2.17. The molecular formula is C25H45N3O. The molecule has 1 aliphatic carbocycles. The van der Waals surface area contributed by atoms with Crippen LogP contribution in [-0.4, -0.2) is 36.0 Å². The summed E-state index contributed by atoms with van der Waals surface area (Å²) in [5.41, 5.74) is 3.87. The van der Waals surface area contributed by atoms with E-state index in [4.69, 9.17) is 4.74 Å². The Labute approximate surface area is 181 Å². The normalized spacial score (nSPS) is 18.3. The predicted octanol–water partition coefficient (Wildman–Crippen LogP) is 7.40. The maximum Gasteiger partial charge on any atom is 0.180 e. The summed E-state index contributed by atoms with van der Waals surface area (Å²) in [6, 6.07) is 0. The van der Waals surface area contributed by atoms with Gasteiger partial charge in [-0.3, -0.25) is 9.98 Å². The van der Waals surface area contributed by atoms with E-state index in [9.17, 15) is 0 Å². The summed E-state index contributed by atoms with van der Waals surface area (Å²) < 4.78 is 5.12. The average Bonchev–Trinajstić information content (AvgIpc) is 3.34. The standard InChI is InChI=1S/C6H11NO.C6H8.2C5H7N.3CH4/c1-5-7-6(2,3)4-8-5;1-6-4-2-3-5-6;2*1-5-3-2-4-6-5;;;/h4H2,1-3H3;2-4H,5H2,1H3;2,4H,3H2,1H3;2-3H,4H2,1H3;3*1H4. The Balaban J connectivity index is -0.000000303. The van der Waals surface area contributed by atoms with Gasteiger partial charge in [-0.25, -0.2) is 4.99 Å². The molecule has 166 valence electrons. The van der Waals surface area contributed by atoms with E-state index in [-0.39, 0.29) is 27.8 Å². The van der Waals surface area contributed by atoms with Crippen molar-refractivity contribution in [2.45, 2.75) is 82.2 Å². The van der Waals surface area contributed by atoms with Crippen LogP contribution < -0.4 is 0 Å². The third-order valence-electron chi connectivity index (χ3n) is 3.67. The molecule has 4 aliphatic rings. The van der Waals surface area contributed by atoms with Crippen LogP contribution in [0.25, 0.3) is 0 Å². The second kappa shape index (κ2) is 16.7. The summed E-state index contributed by atoms with van der Waals surface area (Å²) in [6.07, 6.45) is 16.6. The molecule has 0 spiro atoms. The molecule has 0 fully saturated rings. The molecule has 0 unspecified atom stereocenters. The van der Waals surface area contributed by atoms with Gasteiger partial charge in [0.2, 0.25) is 0 Å². The lowest BCUT2D eigenvalue weighted by Gasteiger charge is -2.07. The molecule has 29 heavy (non-hydrogen) atoms. The SMILES string of the molecule is C.C.C.CC1=CC=CC1.CC1=NC(C)(C)CO1.CC1=NC=CC1.CC1=NCC=C1. The van der Waals surface area contributed by atoms with Gasteiger partial charge < -0.3 is 4.74 Å². The lowest BCUT2D eigenvalue weighted by molar-refractivity contribution is 0.277. The van der Waals surface area contributed by atoms with Crippen molar-refractivity contribution in [1.29, 1.82) is 0 Å². The summed E-state index contributed by atoms with van der Waals surface area (Å²) in [6.45, 7) is 13.8. The van der Waals surface area contributed by atoms with Crippen LogP contribution >= 0.6 is 0 Å². The predicted molar refractivity (Wildman–Crippen MR) is 135 cm³/mol. The van der Waals surface area contributed by atoms with E-state index >= 15 is 0 Å². The number of hydrogen-bond acceptors (Lipinski definition) is 4. The topological polar surface area (TPSA) is 46.3 Å². The van der Waals surface area contributed by atoms with E-state index in [1.54, 1.807) is 0 Å². The van der Waals surface area contributed by atoms with Crippen LogP contribution in [0.2, 0.25) is 0 Å². The number of nitrogens with zero attached hydrogens (tertiary/aromatic N) is 3. The van der Waals surface area contributed by atoms with E-state index in [0.29, 0.717) is 0 Å². The highest BCUT2D eigenvalue weighted by molar-refractivity contribution is 5.94. The van der Waals surface area contributed by atoms with Gasteiger partial charge in [0.15, 0.2) is 5.90 Å². The Morgan fingerprint density at radius 1 is 0.931 bits per heavy atom. The highest BCUT2D eigenvalue weighted by atomic mass is 16.5. The quantitative estimate of drug-likeness (QED) is 0.415. The Bertz CT molecular complexity index is 629. The first-order valence-corrected chi connectivity index (χ1v) is 9.16. The molecule has 4 rings (SSSR count). The van der Waals surface area contributed by atoms with Crippen molar-refractivity contribution >= 4 is 17.3 Å². The van der Waals surface area contributed by atoms with E-state index < -0.39 is 0 Å². The highest BCUT2D eigenvalue weighted by Crippen LogP contribution is 2.15. The molecule has 0 atom stereocenters. The maximum absolute atomic E-state index is 5.12. The summed E-state index contributed by atoms with van der Waals surface area (Å²) in [7, 11) is 0. The van der Waals surface area contributed by atoms with Gasteiger partial charge in [0.25, 0.3) is 0 Å². The van der Waals surface area contributed by atoms with Crippen LogP contribution in [0.1, 0.15) is 76.7 Å². The Kier molecular flexibility index (Phi) is 18.1. The molecule has 0 aromatic carbocycles. The van der Waals surface area contributed by atoms with Crippen molar-refractivity contribution in [3.63, 3.8) is 0 Å². The minimum Gasteiger partial charge on any atom is -0.479 e. The summed E-state index contributed by atoms with van der Waals surface area (Å²) in [5, 5.41) is 0. The number of allylic oxidation sites excluding steroid dienone is 6. The number of rotatable bonds is 0. The van der Waals surface area contributed by atoms with Gasteiger partial charge in [-0.05, 0) is 47.1 Å². The fraction of sp³-hybridized carbons (Fsp3) is 0.560. The summed E-state index contributed by atoms with van der Waals surface area (Å²) in [4.78, 5) is 12.2. The molecule has 4 heteroatoms. The zero-order chi connectivity index (χ0) is 19.4. The van der Waals surface area contributed by atoms with Gasteiger partial charge in [0.05, 0.1) is 12.1 Å². The fourth-order valence-electron chi connectivity index (χ4n) is 2.25. The van der Waals surface area contributed by atoms with E-state index in [1.165, 1.54) is 17.7 Å². The van der Waals surface area contributed by atoms with Gasteiger partial charge in [-0.1, -0.05) is 58.2 Å². The van der Waals surface area contributed by atoms with Crippen LogP contribution in [0.15, 0.2) is 63.2 Å². The Morgan fingerprint density at radius 2 is 1.62 bits per heavy atom. The molecule has 0 saturated heterocycles. The van der Waals surface area contributed by atoms with E-state index in [2.05, 4.69) is 66.1 Å². The number of hydrogen-bond donors (Lipinski definition) is 0. The van der Waals surface area contributed by atoms with Gasteiger partial charge >= 0.3 is 0 Å². The van der Waals surface area contributed by atoms with Crippen LogP contribution in [0.3, 0.4) is 0 Å². The average molecular weight is 404 g/mol. The van der Waals surface area contributed by atoms with E-state index in [0.717, 1.165) is 31.2 Å². The molecule has 3 aliphatic heterocycles. The van der Waals surface area contributed by atoms with E-state index in [1.807, 2.05) is 33.0 Å². The summed E-state index contributed by atoms with van der Waals surface area (Å²) in [5.74, 6) is 0.815. The van der Waals surface area contributed by atoms with Crippen molar-refractivity contribution in [3.05, 3.63) is 48.2 Å². The van der Waals surface area contributed by atoms with Gasteiger partial charge in [-0.15, -0.1) is 0 Å². The molecular weight excluding hydrogens is 358 g/mol. The van der Waals surface area contributed by atoms with Gasteiger partial charge in [0.1, 0.15) is 6.61 Å². The van der Waals surface area contributed by atoms with Crippen LogP contribution in [0, 0.1) is 0 Å². The van der Waals surface area contributed by atoms with Gasteiger partial charge in [-0.2, -0.15) is 0 Å². The summed E-state index contributed by atoms with van der Waals surface area (Å²) >= 11 is 0. The van der Waals surface area contributed by atoms with Crippen molar-refractivity contribution < 1.29 is 4.74 Å². The Hall–Kier alpha value is -2.23. The molecule has 4 nitrogen and oxygen atoms in total. The molecule has 0 bridgehead atoms. The van der Waals surface area contributed by atoms with Crippen molar-refractivity contribution in [1.82, 2.24) is 0 Å². The van der Waals surface area contributed by atoms with Crippen molar-refractivity contribution in [2.75, 3.05) is 13.2 Å². The molecule has 3 heterocycles. The second-order valence-corrected chi connectivity index (χ2v) is 7.21. The zero-order valence-corrected chi connectivity index (χ0v) is 17.1. The zero-order valence-electron chi connectivity index (χ0n) is 17.1. The first kappa shape index (κ1) is 31.5. The maximum atomic E-state index is 5.12. The van der Waals surface area contributed by atoms with Gasteiger partial charge in [0, 0.05) is 31.0 Å². The van der Waals surface area contributed by atoms with Crippen molar-refractivity contribution in [3.8, 4) is 0 Å². The number of ether oxygens (including phenoxy) is 1. The third-order valence-corrected chi connectivity index (χ3v) is 3.67. The molecule has 0 N–H and O–H groups in total. The lowest BCUT2D eigenvalue weighted by atomic mass is 10.1. The van der Waals surface area contributed by atoms with Crippen LogP contribution in [0.4, 0.5) is 0 Å². The second-order valence-electron chi connectivity index (χ2n) is 7.21. The van der Waals surface area contributed by atoms with Crippen LogP contribution in [-0.2, 0) is 4.74 Å².